The fraction of sp³-hybridized carbons (Fsp3) is 0.111. The topological polar surface area (TPSA) is 60.1 Å². The van der Waals surface area contributed by atoms with Crippen molar-refractivity contribution in [2.45, 2.75) is 0 Å². The zero-order chi connectivity index (χ0) is 9.97. The summed E-state index contributed by atoms with van der Waals surface area (Å²) in [5, 5.41) is 2.84. The molecule has 0 fully saturated rings. The van der Waals surface area contributed by atoms with E-state index in [1.807, 2.05) is 17.8 Å². The van der Waals surface area contributed by atoms with Crippen LogP contribution in [-0.4, -0.2) is 14.5 Å². The highest BCUT2D eigenvalue weighted by molar-refractivity contribution is 5.57. The monoisotopic (exact) mass is 188 g/mol. The van der Waals surface area contributed by atoms with Crippen LogP contribution in [0.15, 0.2) is 36.0 Å². The quantitative estimate of drug-likeness (QED) is 0.676. The van der Waals surface area contributed by atoms with Crippen molar-refractivity contribution in [2.75, 3.05) is 0 Å². The molecule has 0 aliphatic heterocycles. The summed E-state index contributed by atoms with van der Waals surface area (Å²) in [5.41, 5.74) is 1.75. The molecule has 0 spiro atoms. The second kappa shape index (κ2) is 3.37. The summed E-state index contributed by atoms with van der Waals surface area (Å²) in [6, 6.07) is 3.16. The van der Waals surface area contributed by atoms with Gasteiger partial charge in [-0.05, 0) is 17.3 Å². The molecule has 2 rings (SSSR count). The van der Waals surface area contributed by atoms with Gasteiger partial charge in [0, 0.05) is 19.4 Å². The smallest absolute Gasteiger partial charge is 0.111 e. The van der Waals surface area contributed by atoms with Crippen molar-refractivity contribution >= 4 is 5.69 Å². The third-order valence-electron chi connectivity index (χ3n) is 1.82. The Bertz CT molecular complexity index is 463. The molecule has 14 heavy (non-hydrogen) atoms. The van der Waals surface area contributed by atoms with E-state index in [2.05, 4.69) is 15.1 Å². The lowest BCUT2D eigenvalue weighted by atomic mass is 10.3. The molecule has 0 aliphatic carbocycles. The number of nitrogens with zero attached hydrogens (tertiary/aromatic N) is 4. The predicted octanol–water partition coefficient (Wildman–Crippen LogP) is 1.88. The van der Waals surface area contributed by atoms with Crippen LogP contribution >= 0.6 is 0 Å². The lowest BCUT2D eigenvalue weighted by Crippen LogP contribution is -1.82. The molecule has 5 heteroatoms. The molecule has 5 nitrogen and oxygen atoms in total. The number of nitroso groups, excluding NO2 is 1. The van der Waals surface area contributed by atoms with Crippen LogP contribution in [0.4, 0.5) is 5.69 Å². The van der Waals surface area contributed by atoms with E-state index in [1.165, 1.54) is 0 Å². The normalized spacial score (nSPS) is 10.1. The van der Waals surface area contributed by atoms with Gasteiger partial charge >= 0.3 is 0 Å². The Kier molecular flexibility index (Phi) is 2.06. The highest BCUT2D eigenvalue weighted by Crippen LogP contribution is 2.19. The van der Waals surface area contributed by atoms with Crippen LogP contribution in [0.25, 0.3) is 11.4 Å². The molecular formula is C9H8N4O. The van der Waals surface area contributed by atoms with Gasteiger partial charge in [0.1, 0.15) is 11.4 Å². The van der Waals surface area contributed by atoms with Crippen LogP contribution in [0.5, 0.6) is 0 Å². The Labute approximate surface area is 80.4 Å². The van der Waals surface area contributed by atoms with Crippen molar-refractivity contribution in [1.82, 2.24) is 14.5 Å². The largest absolute Gasteiger partial charge is 0.340 e. The molecule has 0 N–H and O–H groups in total. The minimum Gasteiger partial charge on any atom is -0.340 e. The summed E-state index contributed by atoms with van der Waals surface area (Å²) >= 11 is 0. The first-order valence-corrected chi connectivity index (χ1v) is 4.07. The molecule has 70 valence electrons. The average molecular weight is 188 g/mol. The second-order valence-corrected chi connectivity index (χ2v) is 2.91. The fourth-order valence-corrected chi connectivity index (χ4v) is 1.16. The van der Waals surface area contributed by atoms with Crippen LogP contribution in [0, 0.1) is 4.91 Å². The molecule has 0 atom stereocenters. The molecule has 0 aliphatic rings. The Morgan fingerprint density at radius 3 is 2.86 bits per heavy atom. The molecule has 2 heterocycles. The SMILES string of the molecule is Cn1cnc(-c2cc(N=O)ccn2)c1. The van der Waals surface area contributed by atoms with Crippen molar-refractivity contribution in [3.05, 3.63) is 35.8 Å². The first kappa shape index (κ1) is 8.55. The standard InChI is InChI=1S/C9H8N4O/c1-13-5-9(11-6-13)8-4-7(12-14)2-3-10-8/h2-6H,1H3. The van der Waals surface area contributed by atoms with Gasteiger partial charge in [0.15, 0.2) is 0 Å². The zero-order valence-corrected chi connectivity index (χ0v) is 7.58. The van der Waals surface area contributed by atoms with E-state index >= 15 is 0 Å². The number of imidazole rings is 1. The van der Waals surface area contributed by atoms with Crippen LogP contribution in [-0.2, 0) is 7.05 Å². The molecule has 0 aromatic carbocycles. The second-order valence-electron chi connectivity index (χ2n) is 2.91. The number of pyridine rings is 1. The van der Waals surface area contributed by atoms with Gasteiger partial charge in [-0.1, -0.05) is 0 Å². The number of aromatic nitrogens is 3. The van der Waals surface area contributed by atoms with Crippen molar-refractivity contribution in [3.8, 4) is 11.4 Å². The zero-order valence-electron chi connectivity index (χ0n) is 7.58. The molecule has 0 amide bonds. The van der Waals surface area contributed by atoms with Crippen LogP contribution in [0.2, 0.25) is 0 Å². The minimum atomic E-state index is 0.362. The summed E-state index contributed by atoms with van der Waals surface area (Å²) in [5.74, 6) is 0. The average Bonchev–Trinajstić information content (AvgIpc) is 2.65. The first-order chi connectivity index (χ1) is 6.79. The molecule has 2 aromatic heterocycles. The van der Waals surface area contributed by atoms with Gasteiger partial charge in [-0.2, -0.15) is 0 Å². The third-order valence-corrected chi connectivity index (χ3v) is 1.82. The van der Waals surface area contributed by atoms with Crippen molar-refractivity contribution < 1.29 is 0 Å². The number of hydrogen-bond donors (Lipinski definition) is 0. The molecule has 0 radical (unpaired) electrons. The van der Waals surface area contributed by atoms with E-state index < -0.39 is 0 Å². The molecule has 0 unspecified atom stereocenters. The van der Waals surface area contributed by atoms with Gasteiger partial charge in [-0.15, -0.1) is 4.91 Å². The van der Waals surface area contributed by atoms with Gasteiger partial charge in [0.25, 0.3) is 0 Å². The van der Waals surface area contributed by atoms with E-state index in [9.17, 15) is 4.91 Å². The van der Waals surface area contributed by atoms with E-state index in [-0.39, 0.29) is 0 Å². The highest BCUT2D eigenvalue weighted by Gasteiger charge is 2.03. The molecule has 0 bridgehead atoms. The summed E-state index contributed by atoms with van der Waals surface area (Å²) < 4.78 is 1.82. The van der Waals surface area contributed by atoms with Gasteiger partial charge in [-0.3, -0.25) is 4.98 Å². The molecule has 0 saturated heterocycles. The number of rotatable bonds is 2. The van der Waals surface area contributed by atoms with Crippen LogP contribution in [0.3, 0.4) is 0 Å². The summed E-state index contributed by atoms with van der Waals surface area (Å²) in [4.78, 5) is 18.5. The molecule has 0 saturated carbocycles. The van der Waals surface area contributed by atoms with Crippen molar-refractivity contribution in [2.24, 2.45) is 12.2 Å². The fourth-order valence-electron chi connectivity index (χ4n) is 1.16. The first-order valence-electron chi connectivity index (χ1n) is 4.07. The van der Waals surface area contributed by atoms with Gasteiger partial charge in [-0.25, -0.2) is 4.98 Å². The van der Waals surface area contributed by atoms with Crippen molar-refractivity contribution in [3.63, 3.8) is 0 Å². The van der Waals surface area contributed by atoms with E-state index in [4.69, 9.17) is 0 Å². The summed E-state index contributed by atoms with van der Waals surface area (Å²) in [7, 11) is 1.87. The van der Waals surface area contributed by atoms with E-state index in [1.54, 1.807) is 24.7 Å². The lowest BCUT2D eigenvalue weighted by Gasteiger charge is -1.94. The Morgan fingerprint density at radius 1 is 1.36 bits per heavy atom. The molecule has 2 aromatic rings. The third kappa shape index (κ3) is 1.52. The van der Waals surface area contributed by atoms with Crippen LogP contribution < -0.4 is 0 Å². The minimum absolute atomic E-state index is 0.362. The maximum absolute atomic E-state index is 10.3. The van der Waals surface area contributed by atoms with E-state index in [0.717, 1.165) is 5.69 Å². The maximum Gasteiger partial charge on any atom is 0.111 e. The predicted molar refractivity (Wildman–Crippen MR) is 51.9 cm³/mol. The Hall–Kier alpha value is -2.04. The molecular weight excluding hydrogens is 180 g/mol. The number of hydrogen-bond acceptors (Lipinski definition) is 4. The summed E-state index contributed by atoms with van der Waals surface area (Å²) in [6.45, 7) is 0. The van der Waals surface area contributed by atoms with Crippen molar-refractivity contribution in [1.29, 1.82) is 0 Å². The van der Waals surface area contributed by atoms with E-state index in [0.29, 0.717) is 11.4 Å². The van der Waals surface area contributed by atoms with Gasteiger partial charge in [0.2, 0.25) is 0 Å². The van der Waals surface area contributed by atoms with Crippen LogP contribution in [0.1, 0.15) is 0 Å². The maximum atomic E-state index is 10.3. The Balaban J connectivity index is 2.46. The number of aryl methyl sites for hydroxylation is 1. The Morgan fingerprint density at radius 2 is 2.21 bits per heavy atom. The summed E-state index contributed by atoms with van der Waals surface area (Å²) in [6.07, 6.45) is 5.05. The lowest BCUT2D eigenvalue weighted by molar-refractivity contribution is 0.913. The van der Waals surface area contributed by atoms with Gasteiger partial charge < -0.3 is 4.57 Å². The van der Waals surface area contributed by atoms with Gasteiger partial charge in [0.05, 0.1) is 12.0 Å². The highest BCUT2D eigenvalue weighted by atomic mass is 16.3.